The molecule has 0 fully saturated rings. The van der Waals surface area contributed by atoms with Gasteiger partial charge in [-0.2, -0.15) is 14.7 Å². The van der Waals surface area contributed by atoms with Crippen LogP contribution in [0.3, 0.4) is 0 Å². The summed E-state index contributed by atoms with van der Waals surface area (Å²) >= 11 is 0. The predicted molar refractivity (Wildman–Crippen MR) is 284 cm³/mol. The molecule has 8 heteroatoms. The lowest BCUT2D eigenvalue weighted by atomic mass is 10.0. The average molecular weight is 883 g/mol. The number of rotatable bonds is 17. The van der Waals surface area contributed by atoms with Gasteiger partial charge in [0.2, 0.25) is 0 Å². The van der Waals surface area contributed by atoms with Crippen LogP contribution >= 0.6 is 0 Å². The molecular weight excluding hydrogens is 833 g/mol. The van der Waals surface area contributed by atoms with E-state index in [9.17, 15) is 0 Å². The van der Waals surface area contributed by atoms with Crippen molar-refractivity contribution in [3.05, 3.63) is 267 Å². The zero-order valence-electron chi connectivity index (χ0n) is 37.9. The second-order valence-electron chi connectivity index (χ2n) is 15.8. The summed E-state index contributed by atoms with van der Waals surface area (Å²) in [6.45, 7) is 10.5. The van der Waals surface area contributed by atoms with Gasteiger partial charge >= 0.3 is 0 Å². The van der Waals surface area contributed by atoms with Crippen LogP contribution in [0.15, 0.2) is 261 Å². The van der Waals surface area contributed by atoms with E-state index in [0.29, 0.717) is 6.54 Å². The summed E-state index contributed by atoms with van der Waals surface area (Å²) in [6, 6.07) is 63.6. The topological polar surface area (TPSA) is 67.9 Å². The Labute approximate surface area is 398 Å². The molecule has 8 nitrogen and oxygen atoms in total. The molecule has 0 spiro atoms. The van der Waals surface area contributed by atoms with Crippen LogP contribution in [0.4, 0.5) is 28.4 Å². The zero-order valence-corrected chi connectivity index (χ0v) is 37.9. The third-order valence-corrected chi connectivity index (χ3v) is 11.4. The monoisotopic (exact) mass is 882 g/mol. The molecule has 9 aromatic rings. The van der Waals surface area contributed by atoms with E-state index >= 15 is 0 Å². The molecule has 0 aliphatic carbocycles. The van der Waals surface area contributed by atoms with Crippen molar-refractivity contribution in [2.75, 3.05) is 16.3 Å². The van der Waals surface area contributed by atoms with Gasteiger partial charge in [-0.25, -0.2) is 0 Å². The third kappa shape index (κ3) is 10.4. The molecule has 0 radical (unpaired) electrons. The summed E-state index contributed by atoms with van der Waals surface area (Å²) in [5.41, 5.74) is 15.4. The molecule has 0 aliphatic rings. The number of hydrogen-bond acceptors (Lipinski definition) is 6. The molecule has 0 saturated heterocycles. The Kier molecular flexibility index (Phi) is 13.8. The first-order chi connectivity index (χ1) is 33.6. The molecule has 0 bridgehead atoms. The maximum atomic E-state index is 4.64. The lowest BCUT2D eigenvalue weighted by Gasteiger charge is -2.26. The first-order valence-corrected chi connectivity index (χ1v) is 22.5. The van der Waals surface area contributed by atoms with Crippen LogP contribution in [0.5, 0.6) is 0 Å². The van der Waals surface area contributed by atoms with Gasteiger partial charge in [0.1, 0.15) is 16.7 Å². The van der Waals surface area contributed by atoms with Gasteiger partial charge < -0.3 is 9.80 Å². The van der Waals surface area contributed by atoms with Crippen molar-refractivity contribution in [1.82, 2.24) is 30.0 Å². The van der Waals surface area contributed by atoms with Crippen LogP contribution in [0.1, 0.15) is 12.6 Å². The number of nitrogens with zero attached hydrogens (tertiary/aromatic N) is 8. The highest BCUT2D eigenvalue weighted by Gasteiger charge is 2.14. The van der Waals surface area contributed by atoms with Crippen LogP contribution in [-0.4, -0.2) is 36.5 Å². The van der Waals surface area contributed by atoms with E-state index in [-0.39, 0.29) is 0 Å². The number of benzene rings is 7. The lowest BCUT2D eigenvalue weighted by Crippen LogP contribution is -2.16. The van der Waals surface area contributed by atoms with Gasteiger partial charge in [0, 0.05) is 41.2 Å². The normalized spacial score (nSPS) is 12.1. The van der Waals surface area contributed by atoms with Crippen LogP contribution in [-0.2, 0) is 0 Å². The molecule has 7 aromatic carbocycles. The fourth-order valence-corrected chi connectivity index (χ4v) is 7.95. The largest absolute Gasteiger partial charge is 0.338 e. The number of para-hydroxylation sites is 2. The standard InChI is InChI=1S/C60H50N8/c1-4-7-20-52-45-61-66(62-52)44-17-19-47(6-3)46(5-2)18-16-43-65(53-21-10-8-11-22-53)54-35-27-48(28-36-54)49-29-37-56(38-30-49)67(55-23-12-9-13-24-55)57-39-31-50(32-40-57)51-33-41-58(42-34-51)68-63-59-25-14-15-26-60(59)64-68/h4-42,44-45H,1,3,43H2,2H3/b18-16-,20-7-,44-17+,46-5+,47-19+. The molecule has 2 heterocycles. The minimum Gasteiger partial charge on any atom is -0.338 e. The Bertz CT molecular complexity index is 3230. The van der Waals surface area contributed by atoms with Crippen LogP contribution in [0.2, 0.25) is 0 Å². The van der Waals surface area contributed by atoms with Gasteiger partial charge in [-0.15, -0.1) is 15.3 Å². The molecule has 0 atom stereocenters. The van der Waals surface area contributed by atoms with Gasteiger partial charge in [-0.05, 0) is 137 Å². The Morgan fingerprint density at radius 1 is 0.544 bits per heavy atom. The van der Waals surface area contributed by atoms with Gasteiger partial charge in [0.15, 0.2) is 0 Å². The van der Waals surface area contributed by atoms with Gasteiger partial charge in [0.25, 0.3) is 0 Å². The molecule has 0 N–H and O–H groups in total. The number of hydrogen-bond donors (Lipinski definition) is 0. The molecule has 2 aromatic heterocycles. The highest BCUT2D eigenvalue weighted by Crippen LogP contribution is 2.37. The molecule has 330 valence electrons. The maximum Gasteiger partial charge on any atom is 0.113 e. The van der Waals surface area contributed by atoms with E-state index in [2.05, 4.69) is 213 Å². The number of anilines is 5. The van der Waals surface area contributed by atoms with Gasteiger partial charge in [-0.1, -0.05) is 153 Å². The van der Waals surface area contributed by atoms with Crippen molar-refractivity contribution in [3.63, 3.8) is 0 Å². The predicted octanol–water partition coefficient (Wildman–Crippen LogP) is 14.9. The smallest absolute Gasteiger partial charge is 0.113 e. The van der Waals surface area contributed by atoms with E-state index in [1.165, 1.54) is 4.80 Å². The molecule has 0 unspecified atom stereocenters. The van der Waals surface area contributed by atoms with Gasteiger partial charge in [0.05, 0.1) is 11.9 Å². The summed E-state index contributed by atoms with van der Waals surface area (Å²) in [7, 11) is 0. The van der Waals surface area contributed by atoms with Crippen molar-refractivity contribution in [2.24, 2.45) is 0 Å². The number of aromatic nitrogens is 6. The van der Waals surface area contributed by atoms with Crippen molar-refractivity contribution >= 4 is 51.7 Å². The Hall–Kier alpha value is -9.14. The van der Waals surface area contributed by atoms with E-state index in [1.807, 2.05) is 73.8 Å². The Morgan fingerprint density at radius 3 is 1.59 bits per heavy atom. The lowest BCUT2D eigenvalue weighted by molar-refractivity contribution is 0.766. The molecule has 68 heavy (non-hydrogen) atoms. The SMILES string of the molecule is C=C/C=C\c1cnn(/C=C/C=C(C=C)/C(/C=C\CN(c2ccccc2)c2ccc(-c3ccc(N(c4ccccc4)c4ccc(-c5ccc(-n6nc7ccccc7n6)cc5)cc4)cc3)cc2)=C/C)n1. The zero-order chi connectivity index (χ0) is 46.5. The molecule has 9 rings (SSSR count). The van der Waals surface area contributed by atoms with E-state index in [1.54, 1.807) is 17.1 Å². The molecule has 0 amide bonds. The number of allylic oxidation sites excluding steroid dienone is 9. The summed E-state index contributed by atoms with van der Waals surface area (Å²) in [5.74, 6) is 0. The average Bonchev–Trinajstić information content (AvgIpc) is 4.06. The quantitative estimate of drug-likeness (QED) is 0.0849. The molecular formula is C60H50N8. The highest BCUT2D eigenvalue weighted by molar-refractivity contribution is 5.80. The third-order valence-electron chi connectivity index (χ3n) is 11.4. The second-order valence-corrected chi connectivity index (χ2v) is 15.8. The van der Waals surface area contributed by atoms with Crippen molar-refractivity contribution in [1.29, 1.82) is 0 Å². The second kappa shape index (κ2) is 21.2. The highest BCUT2D eigenvalue weighted by atomic mass is 15.5. The van der Waals surface area contributed by atoms with Crippen LogP contribution in [0.25, 0.3) is 51.3 Å². The van der Waals surface area contributed by atoms with E-state index < -0.39 is 0 Å². The van der Waals surface area contributed by atoms with E-state index in [4.69, 9.17) is 0 Å². The first-order valence-electron chi connectivity index (χ1n) is 22.5. The van der Waals surface area contributed by atoms with Crippen LogP contribution in [0, 0.1) is 0 Å². The Balaban J connectivity index is 0.900. The first kappa shape index (κ1) is 44.1. The maximum absolute atomic E-state index is 4.64. The van der Waals surface area contributed by atoms with Gasteiger partial charge in [-0.3, -0.25) is 0 Å². The van der Waals surface area contributed by atoms with Crippen LogP contribution < -0.4 is 9.80 Å². The van der Waals surface area contributed by atoms with E-state index in [0.717, 1.165) is 84.3 Å². The van der Waals surface area contributed by atoms with Crippen molar-refractivity contribution in [2.45, 2.75) is 6.92 Å². The molecule has 0 saturated carbocycles. The summed E-state index contributed by atoms with van der Waals surface area (Å²) < 4.78 is 0. The summed E-state index contributed by atoms with van der Waals surface area (Å²) in [4.78, 5) is 7.83. The summed E-state index contributed by atoms with van der Waals surface area (Å²) in [6.07, 6.45) is 21.1. The summed E-state index contributed by atoms with van der Waals surface area (Å²) in [5, 5.41) is 18.0. The fraction of sp³-hybridized carbons (Fsp3) is 0.0333. The minimum absolute atomic E-state index is 0.665. The van der Waals surface area contributed by atoms with Crippen molar-refractivity contribution in [3.8, 4) is 27.9 Å². The Morgan fingerprint density at radius 2 is 1.04 bits per heavy atom. The fourth-order valence-electron chi connectivity index (χ4n) is 7.95. The molecule has 0 aliphatic heterocycles. The number of fused-ring (bicyclic) bond motifs is 1. The van der Waals surface area contributed by atoms with Crippen molar-refractivity contribution < 1.29 is 0 Å². The minimum atomic E-state index is 0.665.